The number of hydrogen-bond donors (Lipinski definition) is 1. The smallest absolute Gasteiger partial charge is 0.226 e. The minimum Gasteiger partial charge on any atom is -0.354 e. The van der Waals surface area contributed by atoms with Gasteiger partial charge in [-0.2, -0.15) is 9.97 Å². The Labute approximate surface area is 102 Å². The average molecular weight is 240 g/mol. The van der Waals surface area contributed by atoms with E-state index in [0.29, 0.717) is 17.8 Å². The summed E-state index contributed by atoms with van der Waals surface area (Å²) in [5, 5.41) is 3.93. The zero-order valence-corrected chi connectivity index (χ0v) is 11.4. The second-order valence-electron chi connectivity index (χ2n) is 4.07. The van der Waals surface area contributed by atoms with Crippen LogP contribution in [-0.4, -0.2) is 27.8 Å². The molecule has 90 valence electrons. The number of thioether (sulfide) groups is 1. The second kappa shape index (κ2) is 6.03. The molecule has 1 aromatic heterocycles. The first-order valence-electron chi connectivity index (χ1n) is 5.62. The Kier molecular flexibility index (Phi) is 4.99. The van der Waals surface area contributed by atoms with Crippen LogP contribution >= 0.6 is 11.8 Å². The molecule has 0 radical (unpaired) electrons. The highest BCUT2D eigenvalue weighted by Gasteiger charge is 2.15. The highest BCUT2D eigenvalue weighted by atomic mass is 32.2. The molecular weight excluding hydrogens is 220 g/mol. The quantitative estimate of drug-likeness (QED) is 0.802. The molecule has 0 spiro atoms. The number of aromatic nitrogens is 3. The molecule has 0 aliphatic heterocycles. The lowest BCUT2D eigenvalue weighted by molar-refractivity contribution is 0.503. The maximum atomic E-state index is 4.46. The summed E-state index contributed by atoms with van der Waals surface area (Å²) in [5.41, 5.74) is 0. The normalized spacial score (nSPS) is 12.9. The molecule has 1 N–H and O–H groups in total. The molecule has 5 heteroatoms. The van der Waals surface area contributed by atoms with Crippen molar-refractivity contribution in [1.29, 1.82) is 0 Å². The van der Waals surface area contributed by atoms with E-state index in [9.17, 15) is 0 Å². The van der Waals surface area contributed by atoms with Crippen LogP contribution in [0.2, 0.25) is 0 Å². The van der Waals surface area contributed by atoms with E-state index in [1.54, 1.807) is 11.8 Å². The van der Waals surface area contributed by atoms with Crippen LogP contribution in [0.25, 0.3) is 0 Å². The van der Waals surface area contributed by atoms with Gasteiger partial charge in [0.05, 0.1) is 0 Å². The van der Waals surface area contributed by atoms with Crippen LogP contribution in [0, 0.1) is 5.92 Å². The monoisotopic (exact) mass is 240 g/mol. The van der Waals surface area contributed by atoms with E-state index in [1.165, 1.54) is 0 Å². The standard InChI is InChI=1S/C11H20N4S/c1-6-12-10-13-9(8(4)7(2)3)14-11(15-10)16-5/h7-8H,6H2,1-5H3,(H,12,13,14,15). The van der Waals surface area contributed by atoms with Gasteiger partial charge >= 0.3 is 0 Å². The third-order valence-electron chi connectivity index (χ3n) is 2.56. The Hall–Kier alpha value is -0.840. The van der Waals surface area contributed by atoms with Gasteiger partial charge in [-0.3, -0.25) is 0 Å². The Morgan fingerprint density at radius 2 is 1.88 bits per heavy atom. The molecule has 0 amide bonds. The van der Waals surface area contributed by atoms with Gasteiger partial charge in [0.2, 0.25) is 5.95 Å². The maximum Gasteiger partial charge on any atom is 0.226 e. The predicted octanol–water partition coefficient (Wildman–Crippen LogP) is 2.78. The van der Waals surface area contributed by atoms with Crippen molar-refractivity contribution >= 4 is 17.7 Å². The van der Waals surface area contributed by atoms with Gasteiger partial charge < -0.3 is 5.32 Å². The van der Waals surface area contributed by atoms with Crippen molar-refractivity contribution in [3.8, 4) is 0 Å². The van der Waals surface area contributed by atoms with Gasteiger partial charge in [-0.25, -0.2) is 4.98 Å². The maximum absolute atomic E-state index is 4.46. The molecule has 16 heavy (non-hydrogen) atoms. The van der Waals surface area contributed by atoms with Gasteiger partial charge in [-0.1, -0.05) is 32.5 Å². The third-order valence-corrected chi connectivity index (χ3v) is 3.10. The molecule has 0 aliphatic carbocycles. The molecule has 1 aromatic rings. The SMILES string of the molecule is CCNc1nc(SC)nc(C(C)C(C)C)n1. The fourth-order valence-electron chi connectivity index (χ4n) is 1.20. The van der Waals surface area contributed by atoms with E-state index in [4.69, 9.17) is 0 Å². The van der Waals surface area contributed by atoms with Crippen molar-refractivity contribution in [2.24, 2.45) is 5.92 Å². The molecule has 0 saturated carbocycles. The summed E-state index contributed by atoms with van der Waals surface area (Å²) in [6.45, 7) is 9.38. The average Bonchev–Trinajstić information content (AvgIpc) is 2.27. The van der Waals surface area contributed by atoms with Crippen LogP contribution in [0.4, 0.5) is 5.95 Å². The summed E-state index contributed by atoms with van der Waals surface area (Å²) in [4.78, 5) is 13.2. The van der Waals surface area contributed by atoms with Crippen LogP contribution in [0.1, 0.15) is 39.4 Å². The van der Waals surface area contributed by atoms with Crippen LogP contribution in [0.5, 0.6) is 0 Å². The van der Waals surface area contributed by atoms with E-state index >= 15 is 0 Å². The lowest BCUT2D eigenvalue weighted by atomic mass is 9.97. The van der Waals surface area contributed by atoms with Gasteiger partial charge in [-0.15, -0.1) is 0 Å². The highest BCUT2D eigenvalue weighted by Crippen LogP contribution is 2.22. The van der Waals surface area contributed by atoms with Crippen LogP contribution < -0.4 is 5.32 Å². The number of anilines is 1. The van der Waals surface area contributed by atoms with E-state index < -0.39 is 0 Å². The zero-order valence-electron chi connectivity index (χ0n) is 10.6. The van der Waals surface area contributed by atoms with E-state index in [0.717, 1.165) is 17.5 Å². The van der Waals surface area contributed by atoms with Crippen molar-refractivity contribution in [1.82, 2.24) is 15.0 Å². The number of rotatable bonds is 5. The number of nitrogens with one attached hydrogen (secondary N) is 1. The zero-order chi connectivity index (χ0) is 12.1. The van der Waals surface area contributed by atoms with Gasteiger partial charge in [0.25, 0.3) is 0 Å². The van der Waals surface area contributed by atoms with Gasteiger partial charge in [-0.05, 0) is 19.1 Å². The van der Waals surface area contributed by atoms with Crippen LogP contribution in [-0.2, 0) is 0 Å². The minimum atomic E-state index is 0.353. The Bertz CT molecular complexity index is 341. The Morgan fingerprint density at radius 3 is 2.38 bits per heavy atom. The molecule has 1 rings (SSSR count). The molecule has 0 bridgehead atoms. The third kappa shape index (κ3) is 3.33. The molecule has 1 atom stereocenters. The largest absolute Gasteiger partial charge is 0.354 e. The van der Waals surface area contributed by atoms with Crippen molar-refractivity contribution in [3.05, 3.63) is 5.82 Å². The summed E-state index contributed by atoms with van der Waals surface area (Å²) < 4.78 is 0. The van der Waals surface area contributed by atoms with Gasteiger partial charge in [0.15, 0.2) is 5.16 Å². The molecule has 0 aromatic carbocycles. The first-order chi connectivity index (χ1) is 7.58. The van der Waals surface area contributed by atoms with E-state index in [1.807, 2.05) is 13.2 Å². The topological polar surface area (TPSA) is 50.7 Å². The van der Waals surface area contributed by atoms with E-state index in [-0.39, 0.29) is 0 Å². The van der Waals surface area contributed by atoms with Crippen molar-refractivity contribution in [2.75, 3.05) is 18.1 Å². The lowest BCUT2D eigenvalue weighted by Gasteiger charge is -2.15. The molecule has 1 heterocycles. The molecule has 1 unspecified atom stereocenters. The molecule has 0 aliphatic rings. The second-order valence-corrected chi connectivity index (χ2v) is 4.84. The van der Waals surface area contributed by atoms with E-state index in [2.05, 4.69) is 41.0 Å². The van der Waals surface area contributed by atoms with Crippen molar-refractivity contribution in [3.63, 3.8) is 0 Å². The highest BCUT2D eigenvalue weighted by molar-refractivity contribution is 7.98. The lowest BCUT2D eigenvalue weighted by Crippen LogP contribution is -2.12. The first-order valence-corrected chi connectivity index (χ1v) is 6.84. The fraction of sp³-hybridized carbons (Fsp3) is 0.727. The van der Waals surface area contributed by atoms with Crippen molar-refractivity contribution in [2.45, 2.75) is 38.8 Å². The van der Waals surface area contributed by atoms with Crippen molar-refractivity contribution < 1.29 is 0 Å². The predicted molar refractivity (Wildman–Crippen MR) is 69.0 cm³/mol. The number of nitrogens with zero attached hydrogens (tertiary/aromatic N) is 3. The summed E-state index contributed by atoms with van der Waals surface area (Å²) in [6, 6.07) is 0. The van der Waals surface area contributed by atoms with Gasteiger partial charge in [0, 0.05) is 12.5 Å². The Morgan fingerprint density at radius 1 is 1.19 bits per heavy atom. The summed E-state index contributed by atoms with van der Waals surface area (Å²) in [6.07, 6.45) is 1.98. The number of hydrogen-bond acceptors (Lipinski definition) is 5. The molecule has 0 saturated heterocycles. The molecule has 0 fully saturated rings. The minimum absolute atomic E-state index is 0.353. The Balaban J connectivity index is 3.03. The summed E-state index contributed by atoms with van der Waals surface area (Å²) in [7, 11) is 0. The first kappa shape index (κ1) is 13.2. The van der Waals surface area contributed by atoms with Crippen LogP contribution in [0.15, 0.2) is 5.16 Å². The summed E-state index contributed by atoms with van der Waals surface area (Å²) in [5.74, 6) is 2.45. The molecular formula is C11H20N4S. The van der Waals surface area contributed by atoms with Gasteiger partial charge in [0.1, 0.15) is 5.82 Å². The molecule has 4 nitrogen and oxygen atoms in total. The van der Waals surface area contributed by atoms with Crippen LogP contribution in [0.3, 0.4) is 0 Å². The summed E-state index contributed by atoms with van der Waals surface area (Å²) >= 11 is 1.55. The fourth-order valence-corrected chi connectivity index (χ4v) is 1.56.